The Labute approximate surface area is 130 Å². The summed E-state index contributed by atoms with van der Waals surface area (Å²) < 4.78 is 0. The molecular formula is C17H20N4O. The van der Waals surface area contributed by atoms with Crippen molar-refractivity contribution in [3.05, 3.63) is 53.2 Å². The fraction of sp³-hybridized carbons (Fsp3) is 0.353. The zero-order valence-corrected chi connectivity index (χ0v) is 13.0. The van der Waals surface area contributed by atoms with Crippen LogP contribution in [-0.4, -0.2) is 47.2 Å². The number of carbonyl (C=O) groups is 1. The lowest BCUT2D eigenvalue weighted by Gasteiger charge is -2.35. The number of hydrogen-bond acceptors (Lipinski definition) is 4. The van der Waals surface area contributed by atoms with Gasteiger partial charge in [-0.15, -0.1) is 5.10 Å². The molecule has 5 heteroatoms. The molecule has 5 nitrogen and oxygen atoms in total. The van der Waals surface area contributed by atoms with Gasteiger partial charge < -0.3 is 9.80 Å². The highest BCUT2D eigenvalue weighted by atomic mass is 16.2. The van der Waals surface area contributed by atoms with Gasteiger partial charge in [-0.2, -0.15) is 5.10 Å². The normalized spacial score (nSPS) is 15.0. The average molecular weight is 296 g/mol. The second-order valence-electron chi connectivity index (χ2n) is 5.68. The van der Waals surface area contributed by atoms with Gasteiger partial charge in [0.2, 0.25) is 0 Å². The average Bonchev–Trinajstić information content (AvgIpc) is 2.55. The molecule has 0 atom stereocenters. The molecule has 0 spiro atoms. The number of hydrogen-bond donors (Lipinski definition) is 0. The van der Waals surface area contributed by atoms with Gasteiger partial charge in [0.15, 0.2) is 5.82 Å². The highest BCUT2D eigenvalue weighted by molar-refractivity contribution is 5.94. The molecule has 1 amide bonds. The van der Waals surface area contributed by atoms with Crippen molar-refractivity contribution in [1.82, 2.24) is 15.1 Å². The monoisotopic (exact) mass is 296 g/mol. The number of rotatable bonds is 2. The van der Waals surface area contributed by atoms with Crippen LogP contribution in [0.2, 0.25) is 0 Å². The van der Waals surface area contributed by atoms with Crippen LogP contribution in [-0.2, 0) is 0 Å². The molecule has 0 bridgehead atoms. The molecule has 0 unspecified atom stereocenters. The van der Waals surface area contributed by atoms with E-state index in [0.29, 0.717) is 13.1 Å². The molecular weight excluding hydrogens is 276 g/mol. The highest BCUT2D eigenvalue weighted by Gasteiger charge is 2.22. The third kappa shape index (κ3) is 3.08. The third-order valence-electron chi connectivity index (χ3n) is 3.94. The van der Waals surface area contributed by atoms with E-state index in [-0.39, 0.29) is 5.91 Å². The summed E-state index contributed by atoms with van der Waals surface area (Å²) in [4.78, 5) is 16.6. The Morgan fingerprint density at radius 3 is 2.41 bits per heavy atom. The fourth-order valence-corrected chi connectivity index (χ4v) is 2.66. The van der Waals surface area contributed by atoms with E-state index in [9.17, 15) is 4.79 Å². The van der Waals surface area contributed by atoms with Crippen LogP contribution >= 0.6 is 0 Å². The lowest BCUT2D eigenvalue weighted by atomic mass is 10.1. The zero-order valence-electron chi connectivity index (χ0n) is 13.0. The smallest absolute Gasteiger partial charge is 0.253 e. The fourth-order valence-electron chi connectivity index (χ4n) is 2.66. The van der Waals surface area contributed by atoms with Crippen LogP contribution < -0.4 is 4.90 Å². The number of amides is 1. The molecule has 0 radical (unpaired) electrons. The van der Waals surface area contributed by atoms with Crippen molar-refractivity contribution >= 4 is 11.7 Å². The van der Waals surface area contributed by atoms with Crippen molar-refractivity contribution in [1.29, 1.82) is 0 Å². The van der Waals surface area contributed by atoms with Gasteiger partial charge in [0.05, 0.1) is 5.69 Å². The van der Waals surface area contributed by atoms with Gasteiger partial charge >= 0.3 is 0 Å². The molecule has 0 N–H and O–H groups in total. The summed E-state index contributed by atoms with van der Waals surface area (Å²) in [7, 11) is 0. The second kappa shape index (κ2) is 6.13. The number of aromatic nitrogens is 2. The van der Waals surface area contributed by atoms with Crippen molar-refractivity contribution in [2.45, 2.75) is 13.8 Å². The van der Waals surface area contributed by atoms with Gasteiger partial charge in [0.25, 0.3) is 5.91 Å². The molecule has 0 aliphatic carbocycles. The van der Waals surface area contributed by atoms with E-state index in [0.717, 1.165) is 35.7 Å². The molecule has 1 saturated heterocycles. The number of benzene rings is 1. The van der Waals surface area contributed by atoms with Crippen LogP contribution in [0.25, 0.3) is 0 Å². The molecule has 1 aromatic carbocycles. The molecule has 1 aliphatic heterocycles. The zero-order chi connectivity index (χ0) is 15.5. The summed E-state index contributed by atoms with van der Waals surface area (Å²) in [5, 5.41) is 8.31. The van der Waals surface area contributed by atoms with E-state index in [1.165, 1.54) is 0 Å². The first-order valence-corrected chi connectivity index (χ1v) is 7.55. The lowest BCUT2D eigenvalue weighted by Crippen LogP contribution is -2.49. The largest absolute Gasteiger partial charge is 0.352 e. The Balaban J connectivity index is 1.64. The predicted molar refractivity (Wildman–Crippen MR) is 86.1 cm³/mol. The van der Waals surface area contributed by atoms with Gasteiger partial charge in [-0.1, -0.05) is 17.7 Å². The first-order valence-electron chi connectivity index (χ1n) is 7.55. The van der Waals surface area contributed by atoms with E-state index in [1.807, 2.05) is 55.1 Å². The van der Waals surface area contributed by atoms with Crippen molar-refractivity contribution in [2.24, 2.45) is 0 Å². The Hall–Kier alpha value is -2.43. The van der Waals surface area contributed by atoms with E-state index in [2.05, 4.69) is 15.1 Å². The summed E-state index contributed by atoms with van der Waals surface area (Å²) in [5.74, 6) is 0.992. The SMILES string of the molecule is Cc1cccc(C(=O)N2CCN(c3ccc(C)nn3)CC2)c1. The van der Waals surface area contributed by atoms with Gasteiger partial charge in [-0.25, -0.2) is 0 Å². The highest BCUT2D eigenvalue weighted by Crippen LogP contribution is 2.15. The number of piperazine rings is 1. The Kier molecular flexibility index (Phi) is 4.04. The van der Waals surface area contributed by atoms with Crippen LogP contribution in [0.15, 0.2) is 36.4 Å². The van der Waals surface area contributed by atoms with Crippen LogP contribution in [0.3, 0.4) is 0 Å². The van der Waals surface area contributed by atoms with Crippen molar-refractivity contribution in [2.75, 3.05) is 31.1 Å². The lowest BCUT2D eigenvalue weighted by molar-refractivity contribution is 0.0746. The maximum absolute atomic E-state index is 12.5. The van der Waals surface area contributed by atoms with Crippen LogP contribution in [0.5, 0.6) is 0 Å². The topological polar surface area (TPSA) is 49.3 Å². The quantitative estimate of drug-likeness (QED) is 0.851. The Morgan fingerprint density at radius 2 is 1.77 bits per heavy atom. The molecule has 3 rings (SSSR count). The number of anilines is 1. The summed E-state index contributed by atoms with van der Waals surface area (Å²) in [6.07, 6.45) is 0. The first-order chi connectivity index (χ1) is 10.6. The molecule has 1 aromatic heterocycles. The van der Waals surface area contributed by atoms with Crippen molar-refractivity contribution < 1.29 is 4.79 Å². The van der Waals surface area contributed by atoms with Gasteiger partial charge in [-0.05, 0) is 38.1 Å². The van der Waals surface area contributed by atoms with Gasteiger partial charge in [0, 0.05) is 31.7 Å². The summed E-state index contributed by atoms with van der Waals surface area (Å²) in [5.41, 5.74) is 2.79. The van der Waals surface area contributed by atoms with Gasteiger partial charge in [-0.3, -0.25) is 4.79 Å². The van der Waals surface area contributed by atoms with Gasteiger partial charge in [0.1, 0.15) is 0 Å². The molecule has 0 saturated carbocycles. The van der Waals surface area contributed by atoms with E-state index >= 15 is 0 Å². The maximum atomic E-state index is 12.5. The molecule has 1 fully saturated rings. The number of carbonyl (C=O) groups excluding carboxylic acids is 1. The van der Waals surface area contributed by atoms with Crippen molar-refractivity contribution in [3.63, 3.8) is 0 Å². The molecule has 1 aliphatic rings. The minimum atomic E-state index is 0.110. The molecule has 22 heavy (non-hydrogen) atoms. The molecule has 114 valence electrons. The molecule has 2 aromatic rings. The summed E-state index contributed by atoms with van der Waals surface area (Å²) >= 11 is 0. The standard InChI is InChI=1S/C17H20N4O/c1-13-4-3-5-15(12-13)17(22)21-10-8-20(9-11-21)16-7-6-14(2)18-19-16/h3-7,12H,8-11H2,1-2H3. The van der Waals surface area contributed by atoms with E-state index in [1.54, 1.807) is 0 Å². The first kappa shape index (κ1) is 14.5. The molecule has 2 heterocycles. The number of nitrogens with zero attached hydrogens (tertiary/aromatic N) is 4. The maximum Gasteiger partial charge on any atom is 0.253 e. The van der Waals surface area contributed by atoms with E-state index in [4.69, 9.17) is 0 Å². The summed E-state index contributed by atoms with van der Waals surface area (Å²) in [6.45, 7) is 6.93. The minimum absolute atomic E-state index is 0.110. The Morgan fingerprint density at radius 1 is 1.00 bits per heavy atom. The minimum Gasteiger partial charge on any atom is -0.352 e. The second-order valence-corrected chi connectivity index (χ2v) is 5.68. The Bertz CT molecular complexity index is 661. The summed E-state index contributed by atoms with van der Waals surface area (Å²) in [6, 6.07) is 11.7. The predicted octanol–water partition coefficient (Wildman–Crippen LogP) is 2.06. The van der Waals surface area contributed by atoms with E-state index < -0.39 is 0 Å². The van der Waals surface area contributed by atoms with Crippen LogP contribution in [0, 0.1) is 13.8 Å². The van der Waals surface area contributed by atoms with Crippen molar-refractivity contribution in [3.8, 4) is 0 Å². The number of aryl methyl sites for hydroxylation is 2. The van der Waals surface area contributed by atoms with Crippen LogP contribution in [0.1, 0.15) is 21.6 Å². The van der Waals surface area contributed by atoms with Crippen LogP contribution in [0.4, 0.5) is 5.82 Å². The third-order valence-corrected chi connectivity index (χ3v) is 3.94.